The second-order valence-electron chi connectivity index (χ2n) is 3.90. The summed E-state index contributed by atoms with van der Waals surface area (Å²) in [6.45, 7) is 0.349. The molecule has 0 aliphatic heterocycles. The highest BCUT2D eigenvalue weighted by Gasteiger charge is 2.51. The molecule has 0 unspecified atom stereocenters. The molecule has 6 nitrogen and oxygen atoms in total. The second-order valence-corrected chi connectivity index (χ2v) is 4.84. The van der Waals surface area contributed by atoms with Gasteiger partial charge in [0.15, 0.2) is 0 Å². The average Bonchev–Trinajstić information content (AvgIpc) is 2.90. The lowest BCUT2D eigenvalue weighted by Crippen LogP contribution is -2.43. The van der Waals surface area contributed by atoms with Gasteiger partial charge in [-0.2, -0.15) is 0 Å². The van der Waals surface area contributed by atoms with Crippen LogP contribution in [0.15, 0.2) is 5.38 Å². The molecule has 2 N–H and O–H groups in total. The van der Waals surface area contributed by atoms with Crippen molar-refractivity contribution in [2.24, 2.45) is 0 Å². The SMILES string of the molecule is COCc1nc(C(=O)NC2(C(=O)O)CC2)cs1. The lowest BCUT2D eigenvalue weighted by molar-refractivity contribution is -0.140. The quantitative estimate of drug-likeness (QED) is 0.807. The first-order valence-corrected chi connectivity index (χ1v) is 5.94. The third-order valence-electron chi connectivity index (χ3n) is 2.56. The van der Waals surface area contributed by atoms with E-state index in [9.17, 15) is 9.59 Å². The predicted molar refractivity (Wildman–Crippen MR) is 59.9 cm³/mol. The molecule has 0 saturated heterocycles. The van der Waals surface area contributed by atoms with E-state index in [2.05, 4.69) is 10.3 Å². The van der Waals surface area contributed by atoms with Crippen molar-refractivity contribution >= 4 is 23.2 Å². The summed E-state index contributed by atoms with van der Waals surface area (Å²) >= 11 is 1.31. The van der Waals surface area contributed by atoms with Crippen LogP contribution in [-0.4, -0.2) is 34.6 Å². The van der Waals surface area contributed by atoms with Crippen molar-refractivity contribution < 1.29 is 19.4 Å². The summed E-state index contributed by atoms with van der Waals surface area (Å²) in [4.78, 5) is 26.7. The summed E-state index contributed by atoms with van der Waals surface area (Å²) < 4.78 is 4.89. The van der Waals surface area contributed by atoms with E-state index in [4.69, 9.17) is 9.84 Å². The fourth-order valence-electron chi connectivity index (χ4n) is 1.40. The van der Waals surface area contributed by atoms with Gasteiger partial charge in [-0.15, -0.1) is 11.3 Å². The maximum atomic E-state index is 11.8. The van der Waals surface area contributed by atoms with Gasteiger partial charge in [-0.05, 0) is 12.8 Å². The van der Waals surface area contributed by atoms with Gasteiger partial charge < -0.3 is 15.2 Å². The number of methoxy groups -OCH3 is 1. The molecule has 2 rings (SSSR count). The molecule has 1 heterocycles. The Morgan fingerprint density at radius 3 is 2.88 bits per heavy atom. The summed E-state index contributed by atoms with van der Waals surface area (Å²) in [5, 5.41) is 13.7. The second kappa shape index (κ2) is 4.42. The van der Waals surface area contributed by atoms with Crippen LogP contribution in [0.4, 0.5) is 0 Å². The molecule has 17 heavy (non-hydrogen) atoms. The van der Waals surface area contributed by atoms with E-state index in [1.165, 1.54) is 11.3 Å². The van der Waals surface area contributed by atoms with Crippen molar-refractivity contribution in [2.45, 2.75) is 25.0 Å². The summed E-state index contributed by atoms with van der Waals surface area (Å²) in [7, 11) is 1.55. The topological polar surface area (TPSA) is 88.5 Å². The number of hydrogen-bond acceptors (Lipinski definition) is 5. The highest BCUT2D eigenvalue weighted by molar-refractivity contribution is 7.09. The number of aromatic nitrogens is 1. The number of nitrogens with one attached hydrogen (secondary N) is 1. The molecular formula is C10H12N2O4S. The van der Waals surface area contributed by atoms with Gasteiger partial charge in [0.25, 0.3) is 5.91 Å². The third kappa shape index (κ3) is 2.45. The van der Waals surface area contributed by atoms with Crippen molar-refractivity contribution in [3.05, 3.63) is 16.1 Å². The van der Waals surface area contributed by atoms with E-state index in [0.717, 1.165) is 0 Å². The smallest absolute Gasteiger partial charge is 0.329 e. The van der Waals surface area contributed by atoms with Gasteiger partial charge in [0.2, 0.25) is 0 Å². The summed E-state index contributed by atoms with van der Waals surface area (Å²) in [5.74, 6) is -1.43. The Hall–Kier alpha value is -1.47. The fourth-order valence-corrected chi connectivity index (χ4v) is 2.15. The fraction of sp³-hybridized carbons (Fsp3) is 0.500. The molecule has 1 fully saturated rings. The summed E-state index contributed by atoms with van der Waals surface area (Å²) in [5.41, 5.74) is -0.822. The molecule has 0 aromatic carbocycles. The normalized spacial score (nSPS) is 16.5. The van der Waals surface area contributed by atoms with E-state index in [-0.39, 0.29) is 5.69 Å². The molecule has 1 saturated carbocycles. The van der Waals surface area contributed by atoms with E-state index < -0.39 is 17.4 Å². The molecule has 0 spiro atoms. The third-order valence-corrected chi connectivity index (χ3v) is 3.39. The summed E-state index contributed by atoms with van der Waals surface area (Å²) in [6, 6.07) is 0. The Morgan fingerprint density at radius 2 is 2.35 bits per heavy atom. The molecular weight excluding hydrogens is 244 g/mol. The van der Waals surface area contributed by atoms with Crippen LogP contribution in [0, 0.1) is 0 Å². The Bertz CT molecular complexity index is 453. The van der Waals surface area contributed by atoms with Gasteiger partial charge in [-0.25, -0.2) is 9.78 Å². The maximum Gasteiger partial charge on any atom is 0.329 e. The molecule has 0 atom stereocenters. The zero-order valence-corrected chi connectivity index (χ0v) is 10.0. The zero-order valence-electron chi connectivity index (χ0n) is 9.23. The van der Waals surface area contributed by atoms with Crippen molar-refractivity contribution in [1.82, 2.24) is 10.3 Å². The number of carbonyl (C=O) groups excluding carboxylic acids is 1. The largest absolute Gasteiger partial charge is 0.480 e. The van der Waals surface area contributed by atoms with Crippen LogP contribution in [0.3, 0.4) is 0 Å². The first-order valence-electron chi connectivity index (χ1n) is 5.07. The van der Waals surface area contributed by atoms with Gasteiger partial charge >= 0.3 is 5.97 Å². The van der Waals surface area contributed by atoms with Gasteiger partial charge in [-0.1, -0.05) is 0 Å². The molecule has 1 aromatic rings. The lowest BCUT2D eigenvalue weighted by atomic mass is 10.2. The van der Waals surface area contributed by atoms with Crippen molar-refractivity contribution in [3.63, 3.8) is 0 Å². The van der Waals surface area contributed by atoms with Crippen molar-refractivity contribution in [1.29, 1.82) is 0 Å². The van der Waals surface area contributed by atoms with Crippen LogP contribution in [0.25, 0.3) is 0 Å². The number of rotatable bonds is 5. The molecule has 92 valence electrons. The molecule has 1 aromatic heterocycles. The van der Waals surface area contributed by atoms with Gasteiger partial charge in [-0.3, -0.25) is 4.79 Å². The first-order chi connectivity index (χ1) is 8.07. The Morgan fingerprint density at radius 1 is 1.65 bits per heavy atom. The molecule has 1 aliphatic rings. The van der Waals surface area contributed by atoms with E-state index >= 15 is 0 Å². The summed E-state index contributed by atoms with van der Waals surface area (Å²) in [6.07, 6.45) is 0.951. The highest BCUT2D eigenvalue weighted by atomic mass is 32.1. The number of thiazole rings is 1. The van der Waals surface area contributed by atoms with Gasteiger partial charge in [0.1, 0.15) is 16.2 Å². The number of carbonyl (C=O) groups is 2. The molecule has 7 heteroatoms. The highest BCUT2D eigenvalue weighted by Crippen LogP contribution is 2.35. The number of aliphatic carboxylic acids is 1. The van der Waals surface area contributed by atoms with Gasteiger partial charge in [0.05, 0.1) is 6.61 Å². The Balaban J connectivity index is 2.02. The Labute approximate surface area is 102 Å². The Kier molecular flexibility index (Phi) is 3.12. The van der Waals surface area contributed by atoms with E-state index in [1.54, 1.807) is 12.5 Å². The van der Waals surface area contributed by atoms with E-state index in [1.807, 2.05) is 0 Å². The number of hydrogen-bond donors (Lipinski definition) is 2. The monoisotopic (exact) mass is 256 g/mol. The molecule has 0 bridgehead atoms. The molecule has 1 aliphatic carbocycles. The zero-order chi connectivity index (χ0) is 12.5. The van der Waals surface area contributed by atoms with Crippen LogP contribution < -0.4 is 5.32 Å². The lowest BCUT2D eigenvalue weighted by Gasteiger charge is -2.10. The van der Waals surface area contributed by atoms with Crippen LogP contribution in [0.2, 0.25) is 0 Å². The number of carboxylic acid groups (broad SMARTS) is 1. The van der Waals surface area contributed by atoms with Crippen molar-refractivity contribution in [2.75, 3.05) is 7.11 Å². The standard InChI is InChI=1S/C10H12N2O4S/c1-16-4-7-11-6(5-17-7)8(13)12-10(2-3-10)9(14)15/h5H,2-4H2,1H3,(H,12,13)(H,14,15). The minimum Gasteiger partial charge on any atom is -0.480 e. The van der Waals surface area contributed by atoms with E-state index in [0.29, 0.717) is 24.5 Å². The maximum absolute atomic E-state index is 11.8. The molecule has 1 amide bonds. The molecule has 0 radical (unpaired) electrons. The minimum atomic E-state index is -1.07. The predicted octanol–water partition coefficient (Wildman–Crippen LogP) is 0.636. The number of ether oxygens (including phenoxy) is 1. The number of amides is 1. The van der Waals surface area contributed by atoms with Crippen LogP contribution in [-0.2, 0) is 16.1 Å². The first kappa shape index (κ1) is 12.0. The minimum absolute atomic E-state index is 0.245. The van der Waals surface area contributed by atoms with Crippen LogP contribution in [0.1, 0.15) is 28.3 Å². The van der Waals surface area contributed by atoms with Crippen LogP contribution >= 0.6 is 11.3 Å². The number of carboxylic acids is 1. The van der Waals surface area contributed by atoms with Crippen molar-refractivity contribution in [3.8, 4) is 0 Å². The number of nitrogens with zero attached hydrogens (tertiary/aromatic N) is 1. The van der Waals surface area contributed by atoms with Crippen LogP contribution in [0.5, 0.6) is 0 Å². The van der Waals surface area contributed by atoms with Gasteiger partial charge in [0, 0.05) is 12.5 Å². The average molecular weight is 256 g/mol.